The lowest BCUT2D eigenvalue weighted by molar-refractivity contribution is 0.478. The number of nitrogens with zero attached hydrogens (tertiary/aromatic N) is 4. The molecule has 0 aliphatic heterocycles. The van der Waals surface area contributed by atoms with Crippen molar-refractivity contribution in [2.24, 2.45) is 7.05 Å². The Morgan fingerprint density at radius 1 is 1.28 bits per heavy atom. The highest BCUT2D eigenvalue weighted by Crippen LogP contribution is 2.23. The molecule has 2 N–H and O–H groups in total. The molecule has 0 aliphatic carbocycles. The maximum absolute atomic E-state index is 13.9. The molecule has 2 heterocycles. The van der Waals surface area contributed by atoms with Gasteiger partial charge in [0.25, 0.3) is 0 Å². The van der Waals surface area contributed by atoms with Crippen LogP contribution in [0.5, 0.6) is 0 Å². The first-order chi connectivity index (χ1) is 12.1. The van der Waals surface area contributed by atoms with Gasteiger partial charge in [-0.05, 0) is 11.6 Å². The van der Waals surface area contributed by atoms with Gasteiger partial charge in [-0.2, -0.15) is 10.1 Å². The molecule has 3 aromatic rings. The van der Waals surface area contributed by atoms with Gasteiger partial charge in [-0.25, -0.2) is 13.8 Å². The lowest BCUT2D eigenvalue weighted by atomic mass is 10.1. The summed E-state index contributed by atoms with van der Waals surface area (Å²) in [5.74, 6) is 0.136. The van der Waals surface area contributed by atoms with Crippen molar-refractivity contribution < 1.29 is 8.78 Å². The summed E-state index contributed by atoms with van der Waals surface area (Å²) in [5.41, 5.74) is 1.23. The minimum absolute atomic E-state index is 0.0506. The molecule has 1 aromatic carbocycles. The summed E-state index contributed by atoms with van der Waals surface area (Å²) in [6.45, 7) is -0.699. The van der Waals surface area contributed by atoms with Gasteiger partial charge < -0.3 is 10.6 Å². The monoisotopic (exact) mass is 364 g/mol. The van der Waals surface area contributed by atoms with E-state index in [1.807, 2.05) is 0 Å². The number of aryl methyl sites for hydroxylation is 1. The van der Waals surface area contributed by atoms with Gasteiger partial charge in [0.1, 0.15) is 17.5 Å². The van der Waals surface area contributed by atoms with E-state index in [0.717, 1.165) is 0 Å². The fraction of sp³-hybridized carbons (Fsp3) is 0.188. The molecule has 6 nitrogen and oxygen atoms in total. The van der Waals surface area contributed by atoms with E-state index in [2.05, 4.69) is 25.7 Å². The van der Waals surface area contributed by atoms with E-state index < -0.39 is 12.5 Å². The van der Waals surface area contributed by atoms with Crippen LogP contribution in [-0.4, -0.2) is 19.7 Å². The number of nitrogens with one attached hydrogen (secondary N) is 2. The van der Waals surface area contributed by atoms with Crippen molar-refractivity contribution in [3.05, 3.63) is 58.8 Å². The maximum atomic E-state index is 13.9. The third kappa shape index (κ3) is 4.03. The Morgan fingerprint density at radius 2 is 2.12 bits per heavy atom. The minimum atomic E-state index is -0.750. The van der Waals surface area contributed by atoms with E-state index in [1.54, 1.807) is 24.1 Å². The molecule has 0 atom stereocenters. The SMILES string of the molecule is Cn1cc(Nc2ncc(Cl)c(NCc3c(F)cccc3CF)n2)cn1. The van der Waals surface area contributed by atoms with Crippen molar-refractivity contribution >= 4 is 29.1 Å². The molecule has 0 fully saturated rings. The van der Waals surface area contributed by atoms with Crippen LogP contribution in [-0.2, 0) is 20.3 Å². The van der Waals surface area contributed by atoms with Crippen molar-refractivity contribution in [1.82, 2.24) is 19.7 Å². The Kier molecular flexibility index (Phi) is 5.08. The van der Waals surface area contributed by atoms with Gasteiger partial charge in [0.05, 0.1) is 18.1 Å². The summed E-state index contributed by atoms with van der Waals surface area (Å²) in [6.07, 6.45) is 4.81. The van der Waals surface area contributed by atoms with Crippen molar-refractivity contribution in [3.8, 4) is 0 Å². The molecular formula is C16H15ClF2N6. The fourth-order valence-electron chi connectivity index (χ4n) is 2.26. The lowest BCUT2D eigenvalue weighted by Crippen LogP contribution is -2.08. The van der Waals surface area contributed by atoms with Crippen LogP contribution in [0.2, 0.25) is 5.02 Å². The Hall–Kier alpha value is -2.74. The van der Waals surface area contributed by atoms with Crippen LogP contribution >= 0.6 is 11.6 Å². The molecule has 0 bridgehead atoms. The second-order valence-electron chi connectivity index (χ2n) is 5.28. The molecule has 0 spiro atoms. The van der Waals surface area contributed by atoms with E-state index in [-0.39, 0.29) is 22.7 Å². The highest BCUT2D eigenvalue weighted by Gasteiger charge is 2.11. The van der Waals surface area contributed by atoms with E-state index >= 15 is 0 Å². The standard InChI is InChI=1S/C16H15ClF2N6/c1-25-9-11(6-22-25)23-16-21-8-13(17)15(24-16)20-7-12-10(5-18)3-2-4-14(12)19/h2-4,6,8-9H,5,7H2,1H3,(H2,20,21,23,24). The Bertz CT molecular complexity index is 883. The summed E-state index contributed by atoms with van der Waals surface area (Å²) >= 11 is 6.08. The number of rotatable bonds is 6. The highest BCUT2D eigenvalue weighted by atomic mass is 35.5. The Morgan fingerprint density at radius 3 is 2.84 bits per heavy atom. The van der Waals surface area contributed by atoms with Crippen molar-refractivity contribution in [2.75, 3.05) is 10.6 Å². The molecule has 0 saturated heterocycles. The smallest absolute Gasteiger partial charge is 0.229 e. The van der Waals surface area contributed by atoms with Crippen LogP contribution in [0.1, 0.15) is 11.1 Å². The van der Waals surface area contributed by atoms with E-state index in [0.29, 0.717) is 17.5 Å². The summed E-state index contributed by atoms with van der Waals surface area (Å²) in [5, 5.41) is 10.2. The zero-order valence-electron chi connectivity index (χ0n) is 13.3. The fourth-order valence-corrected chi connectivity index (χ4v) is 2.42. The van der Waals surface area contributed by atoms with Crippen molar-refractivity contribution in [3.63, 3.8) is 0 Å². The molecule has 0 radical (unpaired) electrons. The number of hydrogen-bond donors (Lipinski definition) is 2. The summed E-state index contributed by atoms with van der Waals surface area (Å²) in [4.78, 5) is 8.34. The van der Waals surface area contributed by atoms with Crippen LogP contribution in [0.15, 0.2) is 36.8 Å². The topological polar surface area (TPSA) is 67.7 Å². The van der Waals surface area contributed by atoms with Crippen LogP contribution in [0.4, 0.5) is 26.2 Å². The van der Waals surface area contributed by atoms with Gasteiger partial charge in [-0.15, -0.1) is 0 Å². The van der Waals surface area contributed by atoms with Gasteiger partial charge in [0, 0.05) is 25.4 Å². The summed E-state index contributed by atoms with van der Waals surface area (Å²) in [7, 11) is 1.79. The van der Waals surface area contributed by atoms with E-state index in [9.17, 15) is 8.78 Å². The third-order valence-corrected chi connectivity index (χ3v) is 3.77. The summed E-state index contributed by atoms with van der Waals surface area (Å²) < 4.78 is 28.6. The maximum Gasteiger partial charge on any atom is 0.229 e. The number of halogens is 3. The number of benzene rings is 1. The minimum Gasteiger partial charge on any atom is -0.364 e. The molecule has 0 amide bonds. The van der Waals surface area contributed by atoms with Crippen LogP contribution in [0.25, 0.3) is 0 Å². The lowest BCUT2D eigenvalue weighted by Gasteiger charge is -2.12. The van der Waals surface area contributed by atoms with Crippen LogP contribution < -0.4 is 10.6 Å². The number of aromatic nitrogens is 4. The van der Waals surface area contributed by atoms with Gasteiger partial charge in [0.2, 0.25) is 5.95 Å². The van der Waals surface area contributed by atoms with Crippen LogP contribution in [0.3, 0.4) is 0 Å². The van der Waals surface area contributed by atoms with E-state index in [4.69, 9.17) is 11.6 Å². The van der Waals surface area contributed by atoms with Gasteiger partial charge in [-0.1, -0.05) is 23.7 Å². The molecule has 25 heavy (non-hydrogen) atoms. The third-order valence-electron chi connectivity index (χ3n) is 3.50. The summed E-state index contributed by atoms with van der Waals surface area (Å²) in [6, 6.07) is 4.30. The number of anilines is 3. The second-order valence-corrected chi connectivity index (χ2v) is 5.69. The quantitative estimate of drug-likeness (QED) is 0.695. The predicted molar refractivity (Wildman–Crippen MR) is 92.1 cm³/mol. The largest absolute Gasteiger partial charge is 0.364 e. The molecule has 3 rings (SSSR count). The predicted octanol–water partition coefficient (Wildman–Crippen LogP) is 3.83. The van der Waals surface area contributed by atoms with Gasteiger partial charge >= 0.3 is 0 Å². The molecule has 0 unspecified atom stereocenters. The van der Waals surface area contributed by atoms with Gasteiger partial charge in [-0.3, -0.25) is 4.68 Å². The van der Waals surface area contributed by atoms with Crippen LogP contribution in [0, 0.1) is 5.82 Å². The zero-order valence-corrected chi connectivity index (χ0v) is 14.1. The molecular weight excluding hydrogens is 350 g/mol. The van der Waals surface area contributed by atoms with Crippen molar-refractivity contribution in [1.29, 1.82) is 0 Å². The van der Waals surface area contributed by atoms with E-state index in [1.165, 1.54) is 24.4 Å². The first kappa shape index (κ1) is 17.1. The number of alkyl halides is 1. The number of hydrogen-bond acceptors (Lipinski definition) is 5. The van der Waals surface area contributed by atoms with Crippen molar-refractivity contribution in [2.45, 2.75) is 13.2 Å². The molecule has 130 valence electrons. The molecule has 0 aliphatic rings. The Balaban J connectivity index is 1.77. The van der Waals surface area contributed by atoms with Gasteiger partial charge in [0.15, 0.2) is 5.82 Å². The highest BCUT2D eigenvalue weighted by molar-refractivity contribution is 6.32. The zero-order chi connectivity index (χ0) is 17.8. The molecule has 0 saturated carbocycles. The average Bonchev–Trinajstić information content (AvgIpc) is 3.01. The molecule has 2 aromatic heterocycles. The Labute approximate surface area is 147 Å². The normalized spacial score (nSPS) is 10.7. The second kappa shape index (κ2) is 7.43. The molecule has 9 heteroatoms. The first-order valence-electron chi connectivity index (χ1n) is 7.41. The first-order valence-corrected chi connectivity index (χ1v) is 7.79. The average molecular weight is 365 g/mol.